The SMILES string of the molecule is CC(C)(C(=O)O)C(Nc1ncnc2c1ncn2C1OC(CO)C(O)C1O)C(=O)O.N. The Bertz CT molecular complexity index is 934. The Hall–Kier alpha value is -2.91. The van der Waals surface area contributed by atoms with E-state index in [1.807, 2.05) is 0 Å². The molecular weight excluding hydrogens is 404 g/mol. The molecule has 3 rings (SSSR count). The Labute approximate surface area is 169 Å². The van der Waals surface area contributed by atoms with Gasteiger partial charge in [0, 0.05) is 0 Å². The number of ether oxygens (including phenoxy) is 1. The molecule has 0 amide bonds. The highest BCUT2D eigenvalue weighted by molar-refractivity contribution is 5.90. The number of aliphatic hydroxyl groups excluding tert-OH is 3. The summed E-state index contributed by atoms with van der Waals surface area (Å²) in [7, 11) is 0. The monoisotopic (exact) mass is 428 g/mol. The molecule has 2 aromatic rings. The molecule has 166 valence electrons. The summed E-state index contributed by atoms with van der Waals surface area (Å²) in [6.45, 7) is 2.02. The van der Waals surface area contributed by atoms with Gasteiger partial charge in [-0.05, 0) is 13.8 Å². The number of fused-ring (bicyclic) bond motifs is 1. The first kappa shape index (κ1) is 23.4. The van der Waals surface area contributed by atoms with Gasteiger partial charge in [-0.15, -0.1) is 0 Å². The minimum Gasteiger partial charge on any atom is -0.481 e. The van der Waals surface area contributed by atoms with E-state index in [0.29, 0.717) is 0 Å². The lowest BCUT2D eigenvalue weighted by molar-refractivity contribution is -0.154. The molecule has 5 atom stereocenters. The minimum atomic E-state index is -1.67. The lowest BCUT2D eigenvalue weighted by Gasteiger charge is -2.28. The molecule has 1 fully saturated rings. The van der Waals surface area contributed by atoms with Gasteiger partial charge in [-0.3, -0.25) is 9.36 Å². The Kier molecular flexibility index (Phi) is 6.58. The first-order valence-corrected chi connectivity index (χ1v) is 8.62. The quantitative estimate of drug-likeness (QED) is 0.268. The van der Waals surface area contributed by atoms with Gasteiger partial charge in [0.2, 0.25) is 0 Å². The lowest BCUT2D eigenvalue weighted by Crippen LogP contribution is -2.47. The van der Waals surface area contributed by atoms with E-state index in [1.165, 1.54) is 24.7 Å². The van der Waals surface area contributed by atoms with Crippen LogP contribution in [-0.2, 0) is 14.3 Å². The Morgan fingerprint density at radius 3 is 2.43 bits per heavy atom. The molecule has 1 aliphatic rings. The summed E-state index contributed by atoms with van der Waals surface area (Å²) in [6, 6.07) is -1.53. The van der Waals surface area contributed by atoms with Crippen LogP contribution in [0.2, 0.25) is 0 Å². The van der Waals surface area contributed by atoms with Crippen molar-refractivity contribution in [1.29, 1.82) is 0 Å². The number of rotatable bonds is 7. The van der Waals surface area contributed by atoms with Crippen LogP contribution in [0.4, 0.5) is 5.82 Å². The van der Waals surface area contributed by atoms with E-state index >= 15 is 0 Å². The number of imidazole rings is 1. The second-order valence-corrected chi connectivity index (χ2v) is 7.22. The van der Waals surface area contributed by atoms with Crippen molar-refractivity contribution in [2.45, 2.75) is 44.4 Å². The number of aromatic nitrogens is 4. The third kappa shape index (κ3) is 3.78. The van der Waals surface area contributed by atoms with Crippen LogP contribution >= 0.6 is 0 Å². The molecule has 1 saturated heterocycles. The summed E-state index contributed by atoms with van der Waals surface area (Å²) in [4.78, 5) is 35.3. The molecule has 3 heterocycles. The number of anilines is 1. The van der Waals surface area contributed by atoms with Crippen molar-refractivity contribution in [3.05, 3.63) is 12.7 Å². The van der Waals surface area contributed by atoms with Gasteiger partial charge in [-0.2, -0.15) is 0 Å². The van der Waals surface area contributed by atoms with E-state index in [9.17, 15) is 35.1 Å². The van der Waals surface area contributed by atoms with Crippen LogP contribution in [0, 0.1) is 5.41 Å². The molecule has 0 aliphatic carbocycles. The van der Waals surface area contributed by atoms with Crippen molar-refractivity contribution < 1.29 is 39.9 Å². The summed E-state index contributed by atoms with van der Waals surface area (Å²) < 4.78 is 6.76. The number of aliphatic hydroxyl groups is 3. The molecule has 0 bridgehead atoms. The summed E-state index contributed by atoms with van der Waals surface area (Å²) in [5, 5.41) is 50.8. The third-order valence-corrected chi connectivity index (χ3v) is 4.95. The summed E-state index contributed by atoms with van der Waals surface area (Å²) in [5.41, 5.74) is -1.41. The smallest absolute Gasteiger partial charge is 0.327 e. The topological polar surface area (TPSA) is 235 Å². The number of hydrogen-bond acceptors (Lipinski definition) is 11. The van der Waals surface area contributed by atoms with Crippen LogP contribution in [0.3, 0.4) is 0 Å². The number of nitrogens with one attached hydrogen (secondary N) is 1. The highest BCUT2D eigenvalue weighted by atomic mass is 16.6. The second-order valence-electron chi connectivity index (χ2n) is 7.22. The molecule has 0 spiro atoms. The zero-order chi connectivity index (χ0) is 21.5. The molecule has 2 aromatic heterocycles. The van der Waals surface area contributed by atoms with Crippen molar-refractivity contribution >= 4 is 28.9 Å². The Balaban J connectivity index is 0.00000320. The third-order valence-electron chi connectivity index (χ3n) is 4.95. The van der Waals surface area contributed by atoms with Crippen molar-refractivity contribution in [2.75, 3.05) is 11.9 Å². The number of carboxylic acid groups (broad SMARTS) is 2. The Morgan fingerprint density at radius 1 is 1.23 bits per heavy atom. The standard InChI is InChI=1S/C16H21N5O8.H3N/c1-16(2,15(27)28)10(14(25)26)20-11-7-12(18-4-17-11)21(5-19-7)13-9(24)8(23)6(3-22)29-13;/h4-6,8-10,13,22-24H,3H2,1-2H3,(H,25,26)(H,27,28)(H,17,18,20);1H3. The van der Waals surface area contributed by atoms with Crippen molar-refractivity contribution in [3.8, 4) is 0 Å². The second kappa shape index (κ2) is 8.45. The maximum atomic E-state index is 11.7. The zero-order valence-corrected chi connectivity index (χ0v) is 16.2. The number of carbonyl (C=O) groups is 2. The molecule has 9 N–H and O–H groups in total. The molecule has 0 aromatic carbocycles. The van der Waals surface area contributed by atoms with Gasteiger partial charge >= 0.3 is 11.9 Å². The van der Waals surface area contributed by atoms with Crippen LogP contribution in [0.25, 0.3) is 11.2 Å². The largest absolute Gasteiger partial charge is 0.481 e. The minimum absolute atomic E-state index is 0. The number of carboxylic acids is 2. The Morgan fingerprint density at radius 2 is 1.90 bits per heavy atom. The number of hydrogen-bond donors (Lipinski definition) is 7. The maximum Gasteiger partial charge on any atom is 0.327 e. The van der Waals surface area contributed by atoms with Crippen molar-refractivity contribution in [1.82, 2.24) is 25.7 Å². The average Bonchev–Trinajstić information content (AvgIpc) is 3.21. The van der Waals surface area contributed by atoms with Crippen LogP contribution in [0.5, 0.6) is 0 Å². The highest BCUT2D eigenvalue weighted by Gasteiger charge is 2.45. The normalized spacial score (nSPS) is 25.0. The first-order chi connectivity index (χ1) is 13.6. The van der Waals surface area contributed by atoms with Gasteiger partial charge in [-0.1, -0.05) is 0 Å². The van der Waals surface area contributed by atoms with E-state index < -0.39 is 54.5 Å². The van der Waals surface area contributed by atoms with Gasteiger partial charge in [0.1, 0.15) is 30.7 Å². The van der Waals surface area contributed by atoms with E-state index in [1.54, 1.807) is 0 Å². The molecule has 14 nitrogen and oxygen atoms in total. The van der Waals surface area contributed by atoms with Gasteiger partial charge in [0.05, 0.1) is 18.3 Å². The average molecular weight is 428 g/mol. The fourth-order valence-corrected chi connectivity index (χ4v) is 3.06. The van der Waals surface area contributed by atoms with E-state index in [0.717, 1.165) is 6.33 Å². The van der Waals surface area contributed by atoms with Crippen molar-refractivity contribution in [3.63, 3.8) is 0 Å². The zero-order valence-electron chi connectivity index (χ0n) is 16.2. The van der Waals surface area contributed by atoms with Crippen LogP contribution in [0.1, 0.15) is 20.1 Å². The highest BCUT2D eigenvalue weighted by Crippen LogP contribution is 2.33. The lowest BCUT2D eigenvalue weighted by atomic mass is 9.84. The summed E-state index contributed by atoms with van der Waals surface area (Å²) in [5.74, 6) is -2.74. The fraction of sp³-hybridized carbons (Fsp3) is 0.562. The van der Waals surface area contributed by atoms with E-state index in [2.05, 4.69) is 20.3 Å². The molecule has 14 heteroatoms. The fourth-order valence-electron chi connectivity index (χ4n) is 3.06. The molecule has 1 aliphatic heterocycles. The van der Waals surface area contributed by atoms with Crippen LogP contribution in [0.15, 0.2) is 12.7 Å². The molecule has 5 unspecified atom stereocenters. The first-order valence-electron chi connectivity index (χ1n) is 8.62. The van der Waals surface area contributed by atoms with Gasteiger partial charge < -0.3 is 41.7 Å². The van der Waals surface area contributed by atoms with Gasteiger partial charge in [-0.25, -0.2) is 19.7 Å². The predicted octanol–water partition coefficient (Wildman–Crippen LogP) is -1.42. The predicted molar refractivity (Wildman–Crippen MR) is 99.8 cm³/mol. The summed E-state index contributed by atoms with van der Waals surface area (Å²) in [6.07, 6.45) is -2.43. The van der Waals surface area contributed by atoms with Crippen LogP contribution in [-0.4, -0.2) is 88.0 Å². The molecule has 0 radical (unpaired) electrons. The molecule has 0 saturated carbocycles. The van der Waals surface area contributed by atoms with Crippen molar-refractivity contribution in [2.24, 2.45) is 5.41 Å². The van der Waals surface area contributed by atoms with E-state index in [-0.39, 0.29) is 23.1 Å². The number of nitrogens with zero attached hydrogens (tertiary/aromatic N) is 4. The van der Waals surface area contributed by atoms with Gasteiger partial charge in [0.15, 0.2) is 23.2 Å². The van der Waals surface area contributed by atoms with Crippen LogP contribution < -0.4 is 11.5 Å². The maximum absolute atomic E-state index is 11.7. The summed E-state index contributed by atoms with van der Waals surface area (Å²) >= 11 is 0. The van der Waals surface area contributed by atoms with Gasteiger partial charge in [0.25, 0.3) is 0 Å². The molecular formula is C16H24N6O8. The van der Waals surface area contributed by atoms with E-state index in [4.69, 9.17) is 4.74 Å². The number of aliphatic carboxylic acids is 2. The molecule has 30 heavy (non-hydrogen) atoms.